The van der Waals surface area contributed by atoms with Gasteiger partial charge in [0.15, 0.2) is 5.76 Å². The molecule has 2 aromatic heterocycles. The van der Waals surface area contributed by atoms with Crippen LogP contribution in [0.15, 0.2) is 28.9 Å². The van der Waals surface area contributed by atoms with E-state index in [0.717, 1.165) is 12.2 Å². The van der Waals surface area contributed by atoms with Crippen LogP contribution in [0.25, 0.3) is 0 Å². The molecule has 0 spiro atoms. The van der Waals surface area contributed by atoms with E-state index in [1.54, 1.807) is 23.1 Å². The molecular formula is C19H26N6O3. The third kappa shape index (κ3) is 4.86. The topological polar surface area (TPSA) is 94.8 Å². The molecule has 0 aromatic carbocycles. The summed E-state index contributed by atoms with van der Waals surface area (Å²) >= 11 is 0. The first-order valence-corrected chi connectivity index (χ1v) is 9.30. The SMILES string of the molecule is Cc1cc(C(=O)NCCN(C)C)nc(N2CCN(C(=O)c3ccco3)CC2)n1. The van der Waals surface area contributed by atoms with Crippen molar-refractivity contribution < 1.29 is 14.0 Å². The highest BCUT2D eigenvalue weighted by atomic mass is 16.3. The number of carbonyl (C=O) groups excluding carboxylic acids is 2. The average Bonchev–Trinajstić information content (AvgIpc) is 3.21. The van der Waals surface area contributed by atoms with Crippen LogP contribution in [-0.2, 0) is 0 Å². The highest BCUT2D eigenvalue weighted by molar-refractivity contribution is 5.93. The minimum atomic E-state index is -0.208. The van der Waals surface area contributed by atoms with Gasteiger partial charge in [-0.2, -0.15) is 0 Å². The number of furan rings is 1. The van der Waals surface area contributed by atoms with Crippen LogP contribution in [0.2, 0.25) is 0 Å². The van der Waals surface area contributed by atoms with E-state index in [2.05, 4.69) is 15.3 Å². The number of hydrogen-bond donors (Lipinski definition) is 1. The number of anilines is 1. The lowest BCUT2D eigenvalue weighted by atomic mass is 10.3. The lowest BCUT2D eigenvalue weighted by Crippen LogP contribution is -2.49. The fourth-order valence-electron chi connectivity index (χ4n) is 2.96. The zero-order valence-electron chi connectivity index (χ0n) is 16.5. The number of carbonyl (C=O) groups is 2. The average molecular weight is 386 g/mol. The first-order chi connectivity index (χ1) is 13.4. The molecule has 2 aromatic rings. The first-order valence-electron chi connectivity index (χ1n) is 9.30. The van der Waals surface area contributed by atoms with Gasteiger partial charge < -0.3 is 24.4 Å². The van der Waals surface area contributed by atoms with Crippen LogP contribution in [0.3, 0.4) is 0 Å². The highest BCUT2D eigenvalue weighted by Gasteiger charge is 2.25. The third-order valence-corrected chi connectivity index (χ3v) is 4.50. The van der Waals surface area contributed by atoms with Crippen LogP contribution < -0.4 is 10.2 Å². The van der Waals surface area contributed by atoms with E-state index < -0.39 is 0 Å². The molecule has 9 heteroatoms. The van der Waals surface area contributed by atoms with Gasteiger partial charge in [0.2, 0.25) is 5.95 Å². The summed E-state index contributed by atoms with van der Waals surface area (Å²) in [5.41, 5.74) is 1.09. The molecule has 1 aliphatic heterocycles. The van der Waals surface area contributed by atoms with Crippen LogP contribution in [0, 0.1) is 6.92 Å². The second-order valence-electron chi connectivity index (χ2n) is 7.01. The first kappa shape index (κ1) is 19.8. The predicted octanol–water partition coefficient (Wildman–Crippen LogP) is 0.632. The minimum Gasteiger partial charge on any atom is -0.459 e. The van der Waals surface area contributed by atoms with Crippen molar-refractivity contribution in [2.75, 3.05) is 58.3 Å². The van der Waals surface area contributed by atoms with E-state index in [0.29, 0.717) is 50.1 Å². The molecule has 150 valence electrons. The Kier molecular flexibility index (Phi) is 6.25. The molecule has 1 fully saturated rings. The summed E-state index contributed by atoms with van der Waals surface area (Å²) in [6.45, 7) is 5.43. The summed E-state index contributed by atoms with van der Waals surface area (Å²) in [6, 6.07) is 5.06. The Balaban J connectivity index is 1.62. The fourth-order valence-corrected chi connectivity index (χ4v) is 2.96. The van der Waals surface area contributed by atoms with Crippen molar-refractivity contribution in [3.63, 3.8) is 0 Å². The monoisotopic (exact) mass is 386 g/mol. The number of amides is 2. The van der Waals surface area contributed by atoms with Gasteiger partial charge in [0.1, 0.15) is 5.69 Å². The van der Waals surface area contributed by atoms with Crippen molar-refractivity contribution in [2.24, 2.45) is 0 Å². The lowest BCUT2D eigenvalue weighted by molar-refractivity contribution is 0.0714. The van der Waals surface area contributed by atoms with Crippen LogP contribution in [0.5, 0.6) is 0 Å². The lowest BCUT2D eigenvalue weighted by Gasteiger charge is -2.34. The number of rotatable bonds is 6. The summed E-state index contributed by atoms with van der Waals surface area (Å²) in [5, 5.41) is 2.87. The third-order valence-electron chi connectivity index (χ3n) is 4.50. The van der Waals surface area contributed by atoms with Gasteiger partial charge >= 0.3 is 0 Å². The Hall–Kier alpha value is -2.94. The molecule has 1 N–H and O–H groups in total. The molecule has 3 heterocycles. The normalized spacial score (nSPS) is 14.4. The second-order valence-corrected chi connectivity index (χ2v) is 7.01. The standard InChI is InChI=1S/C19H26N6O3/c1-14-13-15(17(26)20-6-7-23(2)3)22-19(21-14)25-10-8-24(9-11-25)18(27)16-5-4-12-28-16/h4-5,12-13H,6-11H2,1-3H3,(H,20,26). The van der Waals surface area contributed by atoms with Gasteiger partial charge in [-0.15, -0.1) is 0 Å². The van der Waals surface area contributed by atoms with Gasteiger partial charge in [-0.3, -0.25) is 9.59 Å². The molecule has 1 saturated heterocycles. The van der Waals surface area contributed by atoms with Crippen molar-refractivity contribution in [3.05, 3.63) is 41.6 Å². The summed E-state index contributed by atoms with van der Waals surface area (Å²) < 4.78 is 5.19. The van der Waals surface area contributed by atoms with Crippen LogP contribution in [0.4, 0.5) is 5.95 Å². The van der Waals surface area contributed by atoms with Crippen LogP contribution in [-0.4, -0.2) is 84.9 Å². The number of aryl methyl sites for hydroxylation is 1. The summed E-state index contributed by atoms with van der Waals surface area (Å²) in [7, 11) is 3.91. The van der Waals surface area contributed by atoms with Crippen molar-refractivity contribution in [3.8, 4) is 0 Å². The van der Waals surface area contributed by atoms with Gasteiger partial charge in [-0.25, -0.2) is 9.97 Å². The number of hydrogen-bond acceptors (Lipinski definition) is 7. The quantitative estimate of drug-likeness (QED) is 0.778. The van der Waals surface area contributed by atoms with Gasteiger partial charge in [0.05, 0.1) is 6.26 Å². The Bertz CT molecular complexity index is 813. The van der Waals surface area contributed by atoms with Crippen LogP contribution >= 0.6 is 0 Å². The molecule has 1 aliphatic rings. The van der Waals surface area contributed by atoms with Gasteiger partial charge in [0, 0.05) is 45.0 Å². The van der Waals surface area contributed by atoms with E-state index in [-0.39, 0.29) is 11.8 Å². The largest absolute Gasteiger partial charge is 0.459 e. The molecule has 0 bridgehead atoms. The van der Waals surface area contributed by atoms with E-state index in [4.69, 9.17) is 4.42 Å². The number of piperazine rings is 1. The molecule has 2 amide bonds. The fraction of sp³-hybridized carbons (Fsp3) is 0.474. The Morgan fingerprint density at radius 2 is 1.96 bits per heavy atom. The summed E-state index contributed by atoms with van der Waals surface area (Å²) in [5.74, 6) is 0.538. The van der Waals surface area contributed by atoms with Crippen molar-refractivity contribution in [1.29, 1.82) is 0 Å². The molecule has 0 atom stereocenters. The minimum absolute atomic E-state index is 0.115. The Labute approximate surface area is 164 Å². The molecule has 9 nitrogen and oxygen atoms in total. The molecular weight excluding hydrogens is 360 g/mol. The van der Waals surface area contributed by atoms with Crippen LogP contribution in [0.1, 0.15) is 26.7 Å². The van der Waals surface area contributed by atoms with Crippen molar-refractivity contribution in [1.82, 2.24) is 25.1 Å². The molecule has 28 heavy (non-hydrogen) atoms. The Morgan fingerprint density at radius 3 is 2.61 bits per heavy atom. The predicted molar refractivity (Wildman–Crippen MR) is 104 cm³/mol. The zero-order chi connectivity index (χ0) is 20.1. The second kappa shape index (κ2) is 8.83. The van der Waals surface area contributed by atoms with Crippen molar-refractivity contribution >= 4 is 17.8 Å². The van der Waals surface area contributed by atoms with E-state index >= 15 is 0 Å². The molecule has 0 radical (unpaired) electrons. The molecule has 0 unspecified atom stereocenters. The van der Waals surface area contributed by atoms with Gasteiger partial charge in [-0.05, 0) is 39.2 Å². The maximum absolute atomic E-state index is 12.4. The van der Waals surface area contributed by atoms with Gasteiger partial charge in [0.25, 0.3) is 11.8 Å². The van der Waals surface area contributed by atoms with E-state index in [1.807, 2.05) is 30.8 Å². The summed E-state index contributed by atoms with van der Waals surface area (Å²) in [4.78, 5) is 39.4. The van der Waals surface area contributed by atoms with E-state index in [1.165, 1.54) is 6.26 Å². The Morgan fingerprint density at radius 1 is 1.21 bits per heavy atom. The highest BCUT2D eigenvalue weighted by Crippen LogP contribution is 2.15. The summed E-state index contributed by atoms with van der Waals surface area (Å²) in [6.07, 6.45) is 1.50. The maximum atomic E-state index is 12.4. The number of nitrogens with one attached hydrogen (secondary N) is 1. The van der Waals surface area contributed by atoms with Crippen molar-refractivity contribution in [2.45, 2.75) is 6.92 Å². The molecule has 3 rings (SSSR count). The molecule has 0 aliphatic carbocycles. The number of nitrogens with zero attached hydrogens (tertiary/aromatic N) is 5. The number of aromatic nitrogens is 2. The van der Waals surface area contributed by atoms with Gasteiger partial charge in [-0.1, -0.05) is 0 Å². The van der Waals surface area contributed by atoms with E-state index in [9.17, 15) is 9.59 Å². The molecule has 0 saturated carbocycles. The number of likely N-dealkylation sites (N-methyl/N-ethyl adjacent to an activating group) is 1. The smallest absolute Gasteiger partial charge is 0.289 e. The zero-order valence-corrected chi connectivity index (χ0v) is 16.5. The maximum Gasteiger partial charge on any atom is 0.289 e.